The second-order valence-corrected chi connectivity index (χ2v) is 5.28. The van der Waals surface area contributed by atoms with Crippen LogP contribution in [0.2, 0.25) is 0 Å². The zero-order valence-electron chi connectivity index (χ0n) is 11.5. The van der Waals surface area contributed by atoms with Gasteiger partial charge in [0, 0.05) is 12.2 Å². The Morgan fingerprint density at radius 1 is 1.53 bits per heavy atom. The molecule has 0 bridgehead atoms. The van der Waals surface area contributed by atoms with Crippen molar-refractivity contribution in [3.8, 4) is 0 Å². The van der Waals surface area contributed by atoms with Gasteiger partial charge in [-0.3, -0.25) is 0 Å². The number of carboxylic acids is 1. The summed E-state index contributed by atoms with van der Waals surface area (Å²) in [6, 6.07) is 0.411. The first-order valence-corrected chi connectivity index (χ1v) is 6.93. The zero-order chi connectivity index (χ0) is 13.8. The normalized spacial score (nSPS) is 23.1. The summed E-state index contributed by atoms with van der Waals surface area (Å²) >= 11 is 0. The second kappa shape index (κ2) is 5.99. The van der Waals surface area contributed by atoms with Gasteiger partial charge in [-0.25, -0.2) is 14.8 Å². The maximum atomic E-state index is 10.9. The van der Waals surface area contributed by atoms with Gasteiger partial charge in [0.25, 0.3) is 0 Å². The molecule has 0 aromatic carbocycles. The van der Waals surface area contributed by atoms with Gasteiger partial charge in [0.1, 0.15) is 0 Å². The Morgan fingerprint density at radius 3 is 2.95 bits per heavy atom. The van der Waals surface area contributed by atoms with E-state index in [2.05, 4.69) is 22.2 Å². The third-order valence-electron chi connectivity index (χ3n) is 3.90. The Morgan fingerprint density at radius 2 is 2.32 bits per heavy atom. The summed E-state index contributed by atoms with van der Waals surface area (Å²) in [6.45, 7) is 3.93. The average Bonchev–Trinajstić information content (AvgIpc) is 2.38. The van der Waals surface area contributed by atoms with Crippen molar-refractivity contribution in [2.75, 3.05) is 5.32 Å². The fourth-order valence-electron chi connectivity index (χ4n) is 2.72. The first-order valence-electron chi connectivity index (χ1n) is 6.93. The molecule has 2 atom stereocenters. The smallest absolute Gasteiger partial charge is 0.339 e. The van der Waals surface area contributed by atoms with E-state index in [9.17, 15) is 4.79 Å². The van der Waals surface area contributed by atoms with E-state index in [1.54, 1.807) is 6.92 Å². The molecule has 1 fully saturated rings. The highest BCUT2D eigenvalue weighted by Crippen LogP contribution is 2.28. The van der Waals surface area contributed by atoms with E-state index < -0.39 is 5.97 Å². The van der Waals surface area contributed by atoms with Gasteiger partial charge in [-0.1, -0.05) is 26.2 Å². The Hall–Kier alpha value is -1.65. The number of hydrogen-bond donors (Lipinski definition) is 2. The predicted octanol–water partition coefficient (Wildman–Crippen LogP) is 2.86. The summed E-state index contributed by atoms with van der Waals surface area (Å²) in [7, 11) is 0. The number of anilines is 1. The third-order valence-corrected chi connectivity index (χ3v) is 3.90. The lowest BCUT2D eigenvalue weighted by Crippen LogP contribution is -2.28. The van der Waals surface area contributed by atoms with E-state index in [-0.39, 0.29) is 5.56 Å². The van der Waals surface area contributed by atoms with Crippen LogP contribution < -0.4 is 5.32 Å². The first-order chi connectivity index (χ1) is 9.10. The molecular formula is C14H21N3O2. The van der Waals surface area contributed by atoms with Crippen LogP contribution in [-0.4, -0.2) is 27.1 Å². The van der Waals surface area contributed by atoms with Crippen molar-refractivity contribution >= 4 is 11.9 Å². The molecule has 104 valence electrons. The van der Waals surface area contributed by atoms with Crippen molar-refractivity contribution in [2.24, 2.45) is 5.92 Å². The summed E-state index contributed by atoms with van der Waals surface area (Å²) in [6.07, 6.45) is 7.44. The fourth-order valence-corrected chi connectivity index (χ4v) is 2.72. The highest BCUT2D eigenvalue weighted by atomic mass is 16.4. The number of hydrogen-bond acceptors (Lipinski definition) is 4. The molecule has 0 radical (unpaired) electrons. The van der Waals surface area contributed by atoms with E-state index >= 15 is 0 Å². The fraction of sp³-hybridized carbons (Fsp3) is 0.643. The number of nitrogens with zero attached hydrogens (tertiary/aromatic N) is 2. The minimum Gasteiger partial charge on any atom is -0.478 e. The van der Waals surface area contributed by atoms with Crippen LogP contribution >= 0.6 is 0 Å². The molecule has 1 heterocycles. The van der Waals surface area contributed by atoms with Crippen LogP contribution in [0.15, 0.2) is 6.20 Å². The molecule has 1 aromatic rings. The largest absolute Gasteiger partial charge is 0.478 e. The van der Waals surface area contributed by atoms with Gasteiger partial charge in [0.15, 0.2) is 0 Å². The maximum absolute atomic E-state index is 10.9. The quantitative estimate of drug-likeness (QED) is 0.873. The molecule has 0 aliphatic heterocycles. The molecule has 0 amide bonds. The highest BCUT2D eigenvalue weighted by Gasteiger charge is 2.21. The van der Waals surface area contributed by atoms with Gasteiger partial charge in [-0.15, -0.1) is 0 Å². The van der Waals surface area contributed by atoms with E-state index in [4.69, 9.17) is 5.11 Å². The van der Waals surface area contributed by atoms with E-state index in [1.807, 2.05) is 0 Å². The molecule has 1 aliphatic rings. The molecule has 19 heavy (non-hydrogen) atoms. The van der Waals surface area contributed by atoms with Crippen molar-refractivity contribution in [1.29, 1.82) is 0 Å². The number of carboxylic acid groups (broad SMARTS) is 1. The van der Waals surface area contributed by atoms with Gasteiger partial charge in [0.2, 0.25) is 5.95 Å². The monoisotopic (exact) mass is 263 g/mol. The summed E-state index contributed by atoms with van der Waals surface area (Å²) in [4.78, 5) is 19.2. The number of rotatable bonds is 4. The minimum absolute atomic E-state index is 0.167. The summed E-state index contributed by atoms with van der Waals surface area (Å²) in [5.41, 5.74) is 0.675. The van der Waals surface area contributed by atoms with Gasteiger partial charge in [-0.05, 0) is 25.7 Å². The number of aromatic carboxylic acids is 1. The molecule has 0 saturated heterocycles. The standard InChI is InChI=1S/C14H21N3O2/c1-3-10-5-4-6-11(7-10)17-14-15-8-12(13(18)19)9(2)16-14/h8,10-11H,3-7H2,1-2H3,(H,18,19)(H,15,16,17). The predicted molar refractivity (Wildman–Crippen MR) is 73.4 cm³/mol. The second-order valence-electron chi connectivity index (χ2n) is 5.28. The Labute approximate surface area is 113 Å². The van der Waals surface area contributed by atoms with Gasteiger partial charge in [-0.2, -0.15) is 0 Å². The Kier molecular flexibility index (Phi) is 4.35. The molecule has 0 spiro atoms. The topological polar surface area (TPSA) is 75.1 Å². The summed E-state index contributed by atoms with van der Waals surface area (Å²) in [5.74, 6) is 0.350. The summed E-state index contributed by atoms with van der Waals surface area (Å²) < 4.78 is 0. The zero-order valence-corrected chi connectivity index (χ0v) is 11.5. The van der Waals surface area contributed by atoms with Crippen LogP contribution in [0.1, 0.15) is 55.1 Å². The van der Waals surface area contributed by atoms with Crippen LogP contribution in [0.3, 0.4) is 0 Å². The van der Waals surface area contributed by atoms with Gasteiger partial charge >= 0.3 is 5.97 Å². The van der Waals surface area contributed by atoms with E-state index in [0.717, 1.165) is 18.8 Å². The van der Waals surface area contributed by atoms with E-state index in [0.29, 0.717) is 17.7 Å². The minimum atomic E-state index is -0.979. The molecule has 5 heteroatoms. The molecule has 2 rings (SSSR count). The average molecular weight is 263 g/mol. The highest BCUT2D eigenvalue weighted by molar-refractivity contribution is 5.88. The number of nitrogens with one attached hydrogen (secondary N) is 1. The lowest BCUT2D eigenvalue weighted by Gasteiger charge is -2.29. The Balaban J connectivity index is 2.03. The van der Waals surface area contributed by atoms with Crippen molar-refractivity contribution in [2.45, 2.75) is 52.0 Å². The van der Waals surface area contributed by atoms with Gasteiger partial charge < -0.3 is 10.4 Å². The SMILES string of the molecule is CCC1CCCC(Nc2ncc(C(=O)O)c(C)n2)C1. The van der Waals surface area contributed by atoms with Crippen LogP contribution in [-0.2, 0) is 0 Å². The number of aryl methyl sites for hydroxylation is 1. The molecule has 1 aliphatic carbocycles. The van der Waals surface area contributed by atoms with Crippen LogP contribution in [0.5, 0.6) is 0 Å². The molecular weight excluding hydrogens is 242 g/mol. The molecule has 1 saturated carbocycles. The van der Waals surface area contributed by atoms with Crippen LogP contribution in [0.25, 0.3) is 0 Å². The molecule has 2 N–H and O–H groups in total. The maximum Gasteiger partial charge on any atom is 0.339 e. The van der Waals surface area contributed by atoms with E-state index in [1.165, 1.54) is 25.5 Å². The summed E-state index contributed by atoms with van der Waals surface area (Å²) in [5, 5.41) is 12.3. The van der Waals surface area contributed by atoms with Gasteiger partial charge in [0.05, 0.1) is 11.3 Å². The lowest BCUT2D eigenvalue weighted by atomic mass is 9.84. The van der Waals surface area contributed by atoms with Crippen molar-refractivity contribution in [3.05, 3.63) is 17.5 Å². The van der Waals surface area contributed by atoms with Crippen LogP contribution in [0.4, 0.5) is 5.95 Å². The number of carbonyl (C=O) groups is 1. The molecule has 1 aromatic heterocycles. The Bertz CT molecular complexity index is 462. The van der Waals surface area contributed by atoms with Crippen LogP contribution in [0, 0.1) is 12.8 Å². The number of aromatic nitrogens is 2. The van der Waals surface area contributed by atoms with Crippen molar-refractivity contribution in [3.63, 3.8) is 0 Å². The molecule has 2 unspecified atom stereocenters. The van der Waals surface area contributed by atoms with Crippen molar-refractivity contribution in [1.82, 2.24) is 9.97 Å². The van der Waals surface area contributed by atoms with Crippen molar-refractivity contribution < 1.29 is 9.90 Å². The lowest BCUT2D eigenvalue weighted by molar-refractivity contribution is 0.0695. The first kappa shape index (κ1) is 13.8. The molecule has 5 nitrogen and oxygen atoms in total. The third kappa shape index (κ3) is 3.43.